The Kier molecular flexibility index (Phi) is 10.2. The number of unbranched alkanes of at least 4 members (excludes halogenated alkanes) is 3. The van der Waals surface area contributed by atoms with Crippen LogP contribution in [-0.4, -0.2) is 9.83 Å². The summed E-state index contributed by atoms with van der Waals surface area (Å²) in [6.45, 7) is 2.16. The van der Waals surface area contributed by atoms with Gasteiger partial charge < -0.3 is 0 Å². The van der Waals surface area contributed by atoms with Gasteiger partial charge in [-0.25, -0.2) is 0 Å². The molecule has 0 aliphatic rings. The Morgan fingerprint density at radius 2 is 1.71 bits per heavy atom. The number of rotatable bonds is 9. The lowest BCUT2D eigenvalue weighted by Crippen LogP contribution is -2.05. The molecule has 0 aromatic rings. The van der Waals surface area contributed by atoms with Gasteiger partial charge in [-0.15, -0.1) is 0 Å². The van der Waals surface area contributed by atoms with Crippen LogP contribution in [0.3, 0.4) is 0 Å². The topological polar surface area (TPSA) is 48.8 Å². The van der Waals surface area contributed by atoms with Crippen LogP contribution in [0.4, 0.5) is 0 Å². The minimum atomic E-state index is -1.16. The van der Waals surface area contributed by atoms with Gasteiger partial charge in [-0.2, -0.15) is 0 Å². The fraction of sp³-hybridized carbons (Fsp3) is 1.00. The monoisotopic (exact) mass is 299 g/mol. The number of azide groups is 1. The predicted molar refractivity (Wildman–Crippen MR) is 75.8 cm³/mol. The van der Waals surface area contributed by atoms with Crippen LogP contribution in [0.15, 0.2) is 5.11 Å². The molecule has 0 rings (SSSR count). The highest BCUT2D eigenvalue weighted by Crippen LogP contribution is 2.32. The normalized spacial score (nSPS) is 13.2. The van der Waals surface area contributed by atoms with Crippen LogP contribution >= 0.6 is 34.8 Å². The van der Waals surface area contributed by atoms with Gasteiger partial charge in [-0.1, -0.05) is 72.5 Å². The van der Waals surface area contributed by atoms with Crippen molar-refractivity contribution in [3.63, 3.8) is 0 Å². The maximum Gasteiger partial charge on any atom is 0.190 e. The third kappa shape index (κ3) is 12.4. The van der Waals surface area contributed by atoms with Gasteiger partial charge >= 0.3 is 0 Å². The van der Waals surface area contributed by atoms with Crippen molar-refractivity contribution in [2.24, 2.45) is 5.11 Å². The van der Waals surface area contributed by atoms with Crippen molar-refractivity contribution in [3.8, 4) is 0 Å². The fourth-order valence-electron chi connectivity index (χ4n) is 1.67. The lowest BCUT2D eigenvalue weighted by Gasteiger charge is -2.12. The maximum absolute atomic E-state index is 8.47. The first kappa shape index (κ1) is 17.2. The number of hydrogen-bond donors (Lipinski definition) is 0. The fourth-order valence-corrected chi connectivity index (χ4v) is 2.07. The zero-order valence-electron chi connectivity index (χ0n) is 10.2. The molecule has 6 heteroatoms. The number of halogens is 3. The summed E-state index contributed by atoms with van der Waals surface area (Å²) < 4.78 is -1.16. The third-order valence-corrected chi connectivity index (χ3v) is 3.17. The maximum atomic E-state index is 8.47. The standard InChI is InChI=1S/C11H20Cl3N3/c1-2-3-4-7-10(16-17-15)8-5-6-9-11(12,13)14/h10H,2-9H2,1H3. The van der Waals surface area contributed by atoms with Crippen molar-refractivity contribution in [1.29, 1.82) is 0 Å². The molecule has 0 aromatic heterocycles. The van der Waals surface area contributed by atoms with Crippen LogP contribution in [-0.2, 0) is 0 Å². The van der Waals surface area contributed by atoms with Gasteiger partial charge in [-0.3, -0.25) is 0 Å². The molecule has 17 heavy (non-hydrogen) atoms. The highest BCUT2D eigenvalue weighted by Gasteiger charge is 2.18. The molecule has 0 saturated carbocycles. The van der Waals surface area contributed by atoms with E-state index in [0.717, 1.165) is 32.1 Å². The molecule has 0 spiro atoms. The molecular formula is C11H20Cl3N3. The van der Waals surface area contributed by atoms with Crippen LogP contribution in [0.2, 0.25) is 0 Å². The molecule has 0 heterocycles. The molecule has 3 nitrogen and oxygen atoms in total. The summed E-state index contributed by atoms with van der Waals surface area (Å²) in [6.07, 6.45) is 7.66. The van der Waals surface area contributed by atoms with Crippen LogP contribution in [0.25, 0.3) is 10.4 Å². The highest BCUT2D eigenvalue weighted by molar-refractivity contribution is 6.67. The molecule has 0 N–H and O–H groups in total. The van der Waals surface area contributed by atoms with Crippen molar-refractivity contribution < 1.29 is 0 Å². The quantitative estimate of drug-likeness (QED) is 0.161. The summed E-state index contributed by atoms with van der Waals surface area (Å²) in [7, 11) is 0. The zero-order chi connectivity index (χ0) is 13.1. The van der Waals surface area contributed by atoms with Gasteiger partial charge in [0.05, 0.1) is 0 Å². The van der Waals surface area contributed by atoms with E-state index in [1.807, 2.05) is 0 Å². The molecule has 1 unspecified atom stereocenters. The van der Waals surface area contributed by atoms with E-state index in [4.69, 9.17) is 40.3 Å². The Morgan fingerprint density at radius 1 is 1.12 bits per heavy atom. The minimum Gasteiger partial charge on any atom is -0.0906 e. The smallest absolute Gasteiger partial charge is 0.0906 e. The first-order chi connectivity index (χ1) is 7.99. The average Bonchev–Trinajstić information content (AvgIpc) is 2.23. The number of hydrogen-bond acceptors (Lipinski definition) is 1. The molecule has 0 bridgehead atoms. The zero-order valence-corrected chi connectivity index (χ0v) is 12.5. The molecule has 0 amide bonds. The van der Waals surface area contributed by atoms with E-state index in [1.165, 1.54) is 12.8 Å². The van der Waals surface area contributed by atoms with Crippen molar-refractivity contribution in [2.45, 2.75) is 68.1 Å². The number of alkyl halides is 3. The van der Waals surface area contributed by atoms with Crippen molar-refractivity contribution >= 4 is 34.8 Å². The Morgan fingerprint density at radius 3 is 2.18 bits per heavy atom. The Hall–Kier alpha value is 0.180. The van der Waals surface area contributed by atoms with Crippen molar-refractivity contribution in [3.05, 3.63) is 10.4 Å². The van der Waals surface area contributed by atoms with Crippen LogP contribution < -0.4 is 0 Å². The van der Waals surface area contributed by atoms with Gasteiger partial charge in [0, 0.05) is 11.0 Å². The Balaban J connectivity index is 3.73. The molecule has 0 radical (unpaired) electrons. The molecule has 0 aliphatic carbocycles. The van der Waals surface area contributed by atoms with E-state index in [9.17, 15) is 0 Å². The lowest BCUT2D eigenvalue weighted by molar-refractivity contribution is 0.498. The Labute approximate surface area is 118 Å². The predicted octanol–water partition coefficient (Wildman–Crippen LogP) is 6.18. The van der Waals surface area contributed by atoms with E-state index in [0.29, 0.717) is 6.42 Å². The summed E-state index contributed by atoms with van der Waals surface area (Å²) in [5, 5.41) is 3.81. The minimum absolute atomic E-state index is 0.0990. The molecule has 0 saturated heterocycles. The Bertz CT molecular complexity index is 235. The average molecular weight is 301 g/mol. The lowest BCUT2D eigenvalue weighted by atomic mass is 10.0. The van der Waals surface area contributed by atoms with Gasteiger partial charge in [0.1, 0.15) is 0 Å². The van der Waals surface area contributed by atoms with E-state index in [-0.39, 0.29) is 6.04 Å². The molecule has 1 atom stereocenters. The SMILES string of the molecule is CCCCCC(CCCCC(Cl)(Cl)Cl)N=[N+]=[N-]. The number of nitrogens with zero attached hydrogens (tertiary/aromatic N) is 3. The van der Waals surface area contributed by atoms with Crippen LogP contribution in [0.1, 0.15) is 58.3 Å². The van der Waals surface area contributed by atoms with Crippen LogP contribution in [0.5, 0.6) is 0 Å². The molecule has 0 fully saturated rings. The van der Waals surface area contributed by atoms with E-state index in [1.54, 1.807) is 0 Å². The summed E-state index contributed by atoms with van der Waals surface area (Å²) in [4.78, 5) is 2.89. The summed E-state index contributed by atoms with van der Waals surface area (Å²) in [5.41, 5.74) is 8.47. The van der Waals surface area contributed by atoms with E-state index < -0.39 is 3.79 Å². The largest absolute Gasteiger partial charge is 0.190 e. The second-order valence-electron chi connectivity index (χ2n) is 4.22. The summed E-state index contributed by atoms with van der Waals surface area (Å²) >= 11 is 17.0. The van der Waals surface area contributed by atoms with Crippen LogP contribution in [0, 0.1) is 0 Å². The molecule has 0 aromatic carbocycles. The van der Waals surface area contributed by atoms with Gasteiger partial charge in [-0.05, 0) is 31.2 Å². The van der Waals surface area contributed by atoms with Gasteiger partial charge in [0.15, 0.2) is 3.79 Å². The van der Waals surface area contributed by atoms with E-state index >= 15 is 0 Å². The summed E-state index contributed by atoms with van der Waals surface area (Å²) in [5.74, 6) is 0. The van der Waals surface area contributed by atoms with E-state index in [2.05, 4.69) is 16.9 Å². The molecule has 100 valence electrons. The molecule has 0 aliphatic heterocycles. The highest BCUT2D eigenvalue weighted by atomic mass is 35.6. The third-order valence-electron chi connectivity index (χ3n) is 2.60. The molecular weight excluding hydrogens is 281 g/mol. The van der Waals surface area contributed by atoms with Gasteiger partial charge in [0.2, 0.25) is 0 Å². The second-order valence-corrected chi connectivity index (χ2v) is 6.73. The van der Waals surface area contributed by atoms with Crippen molar-refractivity contribution in [1.82, 2.24) is 0 Å². The summed E-state index contributed by atoms with van der Waals surface area (Å²) in [6, 6.07) is 0.0990. The second kappa shape index (κ2) is 10.1. The first-order valence-electron chi connectivity index (χ1n) is 6.10. The van der Waals surface area contributed by atoms with Gasteiger partial charge in [0.25, 0.3) is 0 Å². The van der Waals surface area contributed by atoms with Crippen molar-refractivity contribution in [2.75, 3.05) is 0 Å². The first-order valence-corrected chi connectivity index (χ1v) is 7.24.